The minimum Gasteiger partial charge on any atom is -0.465 e. The van der Waals surface area contributed by atoms with Crippen LogP contribution in [0.3, 0.4) is 0 Å². The Morgan fingerprint density at radius 3 is 2.52 bits per heavy atom. The highest BCUT2D eigenvalue weighted by molar-refractivity contribution is 9.10. The maximum atomic E-state index is 13.4. The number of halogens is 1. The van der Waals surface area contributed by atoms with Crippen molar-refractivity contribution in [3.05, 3.63) is 86.9 Å². The van der Waals surface area contributed by atoms with E-state index < -0.39 is 11.6 Å². The van der Waals surface area contributed by atoms with Crippen LogP contribution in [0.15, 0.2) is 73.7 Å². The van der Waals surface area contributed by atoms with Gasteiger partial charge in [0.15, 0.2) is 0 Å². The zero-order valence-corrected chi connectivity index (χ0v) is 23.6. The predicted octanol–water partition coefficient (Wildman–Crippen LogP) is 5.00. The van der Waals surface area contributed by atoms with Crippen molar-refractivity contribution < 1.29 is 23.5 Å². The second-order valence-electron chi connectivity index (χ2n) is 9.03. The number of amides is 2. The number of hydrogen-bond donors (Lipinski definition) is 2. The molecule has 0 fully saturated rings. The molecule has 0 radical (unpaired) electrons. The van der Waals surface area contributed by atoms with E-state index in [1.54, 1.807) is 20.0 Å². The van der Waals surface area contributed by atoms with Crippen LogP contribution in [0.25, 0.3) is 23.2 Å². The Morgan fingerprint density at radius 1 is 1.12 bits per heavy atom. The summed E-state index contributed by atoms with van der Waals surface area (Å²) in [6.07, 6.45) is 1.88. The molecule has 0 unspecified atom stereocenters. The van der Waals surface area contributed by atoms with Crippen LogP contribution in [0.2, 0.25) is 0 Å². The lowest BCUT2D eigenvalue weighted by Gasteiger charge is -2.25. The highest BCUT2D eigenvalue weighted by atomic mass is 79.9. The van der Waals surface area contributed by atoms with Crippen LogP contribution in [0, 0.1) is 0 Å². The zero-order valence-electron chi connectivity index (χ0n) is 21.2. The number of aromatic nitrogens is 5. The SMILES string of the molecule is CN(Cc1nc(Br)cs1)C(=O)c1cc(-c2ncco2)nc(-c2nnc([C@@](C)(Cc3ccccc3)NC(=O)O)o2)c1. The summed E-state index contributed by atoms with van der Waals surface area (Å²) < 4.78 is 12.1. The van der Waals surface area contributed by atoms with Gasteiger partial charge in [-0.15, -0.1) is 21.5 Å². The van der Waals surface area contributed by atoms with E-state index >= 15 is 0 Å². The summed E-state index contributed by atoms with van der Waals surface area (Å²) in [6.45, 7) is 1.95. The second-order valence-corrected chi connectivity index (χ2v) is 10.8. The average molecular weight is 624 g/mol. The van der Waals surface area contributed by atoms with Gasteiger partial charge in [-0.3, -0.25) is 4.79 Å². The molecule has 40 heavy (non-hydrogen) atoms. The van der Waals surface area contributed by atoms with Crippen LogP contribution >= 0.6 is 27.3 Å². The summed E-state index contributed by atoms with van der Waals surface area (Å²) in [5.41, 5.74) is 0.393. The van der Waals surface area contributed by atoms with Gasteiger partial charge in [0.25, 0.3) is 11.8 Å². The fourth-order valence-electron chi connectivity index (χ4n) is 4.04. The third kappa shape index (κ3) is 6.07. The lowest BCUT2D eigenvalue weighted by Crippen LogP contribution is -2.44. The van der Waals surface area contributed by atoms with E-state index in [1.807, 2.05) is 35.7 Å². The summed E-state index contributed by atoms with van der Waals surface area (Å²) in [6, 6.07) is 12.4. The van der Waals surface area contributed by atoms with E-state index in [9.17, 15) is 14.7 Å². The van der Waals surface area contributed by atoms with Gasteiger partial charge in [0.05, 0.1) is 12.7 Å². The Bertz CT molecular complexity index is 1640. The number of carbonyl (C=O) groups is 2. The van der Waals surface area contributed by atoms with Gasteiger partial charge in [-0.25, -0.2) is 19.7 Å². The van der Waals surface area contributed by atoms with Crippen molar-refractivity contribution in [3.63, 3.8) is 0 Å². The highest BCUT2D eigenvalue weighted by Crippen LogP contribution is 2.29. The van der Waals surface area contributed by atoms with Crippen molar-refractivity contribution >= 4 is 39.3 Å². The minimum absolute atomic E-state index is 0.00422. The molecule has 0 spiro atoms. The van der Waals surface area contributed by atoms with Gasteiger partial charge in [-0.05, 0) is 40.5 Å². The maximum Gasteiger partial charge on any atom is 0.405 e. The normalized spacial score (nSPS) is 12.6. The lowest BCUT2D eigenvalue weighted by atomic mass is 9.93. The van der Waals surface area contributed by atoms with Crippen molar-refractivity contribution in [2.24, 2.45) is 0 Å². The molecule has 5 aromatic rings. The molecule has 0 aliphatic heterocycles. The van der Waals surface area contributed by atoms with E-state index in [-0.39, 0.29) is 47.0 Å². The maximum absolute atomic E-state index is 13.4. The molecule has 1 aromatic carbocycles. The third-order valence-electron chi connectivity index (χ3n) is 5.87. The first-order valence-electron chi connectivity index (χ1n) is 11.9. The number of nitrogens with zero attached hydrogens (tertiary/aromatic N) is 6. The summed E-state index contributed by atoms with van der Waals surface area (Å²) in [5.74, 6) is -0.0700. The molecular weight excluding hydrogens is 602 g/mol. The van der Waals surface area contributed by atoms with Gasteiger partial charge in [0.1, 0.15) is 32.8 Å². The number of thiazole rings is 1. The van der Waals surface area contributed by atoms with E-state index in [2.05, 4.69) is 46.4 Å². The molecule has 4 heterocycles. The van der Waals surface area contributed by atoms with Crippen LogP contribution in [0.4, 0.5) is 4.79 Å². The molecule has 1 atom stereocenters. The van der Waals surface area contributed by atoms with E-state index in [0.717, 1.165) is 10.6 Å². The summed E-state index contributed by atoms with van der Waals surface area (Å²) in [7, 11) is 1.67. The van der Waals surface area contributed by atoms with Crippen molar-refractivity contribution in [1.82, 2.24) is 35.4 Å². The van der Waals surface area contributed by atoms with Crippen molar-refractivity contribution in [3.8, 4) is 23.2 Å². The number of rotatable bonds is 9. The molecule has 2 N–H and O–H groups in total. The largest absolute Gasteiger partial charge is 0.465 e. The molecule has 4 aromatic heterocycles. The van der Waals surface area contributed by atoms with Crippen LogP contribution in [0.5, 0.6) is 0 Å². The number of pyridine rings is 1. The second kappa shape index (κ2) is 11.4. The molecule has 0 aliphatic rings. The quantitative estimate of drug-likeness (QED) is 0.228. The van der Waals surface area contributed by atoms with Gasteiger partial charge in [0, 0.05) is 24.4 Å². The molecular formula is C26H22BrN7O5S. The van der Waals surface area contributed by atoms with Gasteiger partial charge >= 0.3 is 6.09 Å². The molecule has 0 bridgehead atoms. The van der Waals surface area contributed by atoms with Crippen molar-refractivity contribution in [2.45, 2.75) is 25.4 Å². The summed E-state index contributed by atoms with van der Waals surface area (Å²) >= 11 is 4.76. The lowest BCUT2D eigenvalue weighted by molar-refractivity contribution is 0.0785. The molecule has 204 valence electrons. The number of benzene rings is 1. The fraction of sp³-hybridized carbons (Fsp3) is 0.192. The average Bonchev–Trinajstić information content (AvgIpc) is 3.71. The number of carboxylic acid groups (broad SMARTS) is 1. The topological polar surface area (TPSA) is 160 Å². The number of carbonyl (C=O) groups excluding carboxylic acids is 1. The van der Waals surface area contributed by atoms with E-state index in [4.69, 9.17) is 8.83 Å². The number of hydrogen-bond acceptors (Lipinski definition) is 10. The number of oxazole rings is 1. The molecule has 0 aliphatic carbocycles. The van der Waals surface area contributed by atoms with E-state index in [1.165, 1.54) is 34.8 Å². The molecule has 5 rings (SSSR count). The molecule has 0 saturated heterocycles. The number of nitrogens with one attached hydrogen (secondary N) is 1. The Kier molecular flexibility index (Phi) is 7.71. The van der Waals surface area contributed by atoms with Gasteiger partial charge in [-0.1, -0.05) is 30.3 Å². The standard InChI is InChI=1S/C26H22BrN7O5S/c1-26(31-25(36)37,12-15-6-4-3-5-7-15)24-33-32-22(39-24)18-11-16(10-17(29-18)21-28-8-9-38-21)23(35)34(2)13-20-30-19(27)14-40-20/h3-11,14,31H,12-13H2,1-2H3,(H,36,37)/t26-/m1/s1. The first-order valence-corrected chi connectivity index (χ1v) is 13.5. The highest BCUT2D eigenvalue weighted by Gasteiger charge is 2.35. The smallest absolute Gasteiger partial charge is 0.405 e. The van der Waals surface area contributed by atoms with Crippen LogP contribution in [-0.4, -0.2) is 54.2 Å². The van der Waals surface area contributed by atoms with Gasteiger partial charge in [-0.2, -0.15) is 0 Å². The van der Waals surface area contributed by atoms with Crippen LogP contribution < -0.4 is 5.32 Å². The predicted molar refractivity (Wildman–Crippen MR) is 147 cm³/mol. The molecule has 0 saturated carbocycles. The van der Waals surface area contributed by atoms with Crippen molar-refractivity contribution in [2.75, 3.05) is 7.05 Å². The Balaban J connectivity index is 1.50. The fourth-order valence-corrected chi connectivity index (χ4v) is 5.36. The minimum atomic E-state index is -1.25. The first kappa shape index (κ1) is 27.1. The van der Waals surface area contributed by atoms with Gasteiger partial charge < -0.3 is 24.2 Å². The Labute approximate surface area is 240 Å². The monoisotopic (exact) mass is 623 g/mol. The molecule has 2 amide bonds. The third-order valence-corrected chi connectivity index (χ3v) is 7.41. The molecule has 14 heteroatoms. The van der Waals surface area contributed by atoms with Crippen LogP contribution in [-0.2, 0) is 18.5 Å². The first-order chi connectivity index (χ1) is 19.2. The Hall–Kier alpha value is -4.43. The zero-order chi connectivity index (χ0) is 28.3. The molecule has 12 nitrogen and oxygen atoms in total. The van der Waals surface area contributed by atoms with E-state index in [0.29, 0.717) is 11.1 Å². The summed E-state index contributed by atoms with van der Waals surface area (Å²) in [5, 5.41) is 22.9. The van der Waals surface area contributed by atoms with Gasteiger partial charge in [0.2, 0.25) is 11.8 Å². The van der Waals surface area contributed by atoms with Crippen LogP contribution in [0.1, 0.15) is 33.7 Å². The van der Waals surface area contributed by atoms with Crippen molar-refractivity contribution in [1.29, 1.82) is 0 Å². The summed E-state index contributed by atoms with van der Waals surface area (Å²) in [4.78, 5) is 39.7. The Morgan fingerprint density at radius 2 is 1.88 bits per heavy atom.